The summed E-state index contributed by atoms with van der Waals surface area (Å²) < 4.78 is 36.5. The van der Waals surface area contributed by atoms with Gasteiger partial charge in [-0.15, -0.1) is 10.2 Å². The van der Waals surface area contributed by atoms with E-state index in [-0.39, 0.29) is 17.7 Å². The third-order valence-corrected chi connectivity index (χ3v) is 3.53. The molecule has 23 heavy (non-hydrogen) atoms. The van der Waals surface area contributed by atoms with Crippen LogP contribution in [0.25, 0.3) is 11.4 Å². The smallest absolute Gasteiger partial charge is 0.230 e. The summed E-state index contributed by atoms with van der Waals surface area (Å²) in [6, 6.07) is 0. The van der Waals surface area contributed by atoms with Crippen molar-refractivity contribution in [1.29, 1.82) is 0 Å². The lowest BCUT2D eigenvalue weighted by Gasteiger charge is -2.15. The van der Waals surface area contributed by atoms with Gasteiger partial charge in [0.05, 0.1) is 11.1 Å². The van der Waals surface area contributed by atoms with Crippen molar-refractivity contribution in [3.05, 3.63) is 24.3 Å². The summed E-state index contributed by atoms with van der Waals surface area (Å²) >= 11 is 1.09. The Hall–Kier alpha value is -1.97. The van der Waals surface area contributed by atoms with Crippen LogP contribution in [-0.2, 0) is 5.54 Å². The molecule has 0 N–H and O–H groups in total. The summed E-state index contributed by atoms with van der Waals surface area (Å²) in [6.45, 7) is 5.84. The van der Waals surface area contributed by atoms with Crippen LogP contribution in [0, 0.1) is 0 Å². The Morgan fingerprint density at radius 1 is 1.17 bits per heavy atom. The summed E-state index contributed by atoms with van der Waals surface area (Å²) in [6.07, 6.45) is 0.386. The second-order valence-corrected chi connectivity index (χ2v) is 6.65. The molecule has 2 aromatic heterocycles. The molecule has 0 radical (unpaired) electrons. The van der Waals surface area contributed by atoms with Crippen LogP contribution in [0.2, 0.25) is 0 Å². The van der Waals surface area contributed by atoms with Gasteiger partial charge in [-0.05, 0) is 26.0 Å². The predicted molar refractivity (Wildman–Crippen MR) is 79.5 cm³/mol. The highest BCUT2D eigenvalue weighted by atomic mass is 32.2. The summed E-state index contributed by atoms with van der Waals surface area (Å²) in [5, 5.41) is 12.5. The summed E-state index contributed by atoms with van der Waals surface area (Å²) in [7, 11) is 0. The number of allylic oxidation sites excluding steroid dienone is 1. The van der Waals surface area contributed by atoms with Gasteiger partial charge in [0.15, 0.2) is 11.0 Å². The molecule has 0 spiro atoms. The molecule has 6 nitrogen and oxygen atoms in total. The number of thioether (sulfide) groups is 1. The summed E-state index contributed by atoms with van der Waals surface area (Å²) in [4.78, 5) is 9.65. The van der Waals surface area contributed by atoms with Crippen molar-refractivity contribution in [2.45, 2.75) is 37.9 Å². The maximum atomic E-state index is 12.7. The van der Waals surface area contributed by atoms with Gasteiger partial charge in [0, 0.05) is 24.6 Å². The van der Waals surface area contributed by atoms with Crippen LogP contribution in [0.15, 0.2) is 29.5 Å². The van der Waals surface area contributed by atoms with Gasteiger partial charge in [-0.2, -0.15) is 13.6 Å². The fraction of sp³-hybridized carbons (Fsp3) is 0.462. The van der Waals surface area contributed by atoms with E-state index < -0.39 is 11.9 Å². The zero-order chi connectivity index (χ0) is 17.0. The van der Waals surface area contributed by atoms with Gasteiger partial charge in [-0.1, -0.05) is 11.8 Å². The Labute approximate surface area is 135 Å². The highest BCUT2D eigenvalue weighted by molar-refractivity contribution is 7.99. The fourth-order valence-corrected chi connectivity index (χ4v) is 2.17. The van der Waals surface area contributed by atoms with Crippen LogP contribution in [0.3, 0.4) is 0 Å². The van der Waals surface area contributed by atoms with Crippen molar-refractivity contribution >= 4 is 11.8 Å². The van der Waals surface area contributed by atoms with E-state index in [4.69, 9.17) is 0 Å². The van der Waals surface area contributed by atoms with Gasteiger partial charge in [-0.3, -0.25) is 0 Å². The van der Waals surface area contributed by atoms with E-state index in [0.717, 1.165) is 11.8 Å². The summed E-state index contributed by atoms with van der Waals surface area (Å²) in [5.74, 6) is -0.886. The van der Waals surface area contributed by atoms with E-state index in [1.807, 2.05) is 20.8 Å². The van der Waals surface area contributed by atoms with Gasteiger partial charge in [-0.25, -0.2) is 14.4 Å². The number of halogens is 3. The van der Waals surface area contributed by atoms with E-state index in [2.05, 4.69) is 25.4 Å². The van der Waals surface area contributed by atoms with Crippen LogP contribution in [-0.4, -0.2) is 35.9 Å². The molecular weight excluding hydrogens is 329 g/mol. The standard InChI is InChI=1S/C13H15F3N6S/c1-13(2,3)22-20-11(19-21-22)8-6-17-12(18-7-8)23-5-4-9(14)10(15)16/h6-7H,4-5H2,1-3H3. The van der Waals surface area contributed by atoms with Crippen LogP contribution in [0.5, 0.6) is 0 Å². The highest BCUT2D eigenvalue weighted by Gasteiger charge is 2.18. The average molecular weight is 344 g/mol. The first-order valence-electron chi connectivity index (χ1n) is 6.73. The quantitative estimate of drug-likeness (QED) is 0.611. The Kier molecular flexibility index (Phi) is 5.34. The molecule has 0 bridgehead atoms. The monoisotopic (exact) mass is 344 g/mol. The first kappa shape index (κ1) is 17.4. The Bertz CT molecular complexity index is 688. The molecule has 2 aromatic rings. The molecule has 0 saturated heterocycles. The first-order chi connectivity index (χ1) is 10.8. The molecule has 0 aliphatic heterocycles. The van der Waals surface area contributed by atoms with Crippen molar-refractivity contribution in [3.63, 3.8) is 0 Å². The molecule has 10 heteroatoms. The number of rotatable bonds is 5. The number of hydrogen-bond acceptors (Lipinski definition) is 6. The first-order valence-corrected chi connectivity index (χ1v) is 7.71. The molecule has 0 aliphatic carbocycles. The van der Waals surface area contributed by atoms with Crippen molar-refractivity contribution in [3.8, 4) is 11.4 Å². The third-order valence-electron chi connectivity index (χ3n) is 2.66. The maximum absolute atomic E-state index is 12.7. The molecule has 2 heterocycles. The topological polar surface area (TPSA) is 69.4 Å². The van der Waals surface area contributed by atoms with E-state index in [0.29, 0.717) is 16.5 Å². The van der Waals surface area contributed by atoms with Gasteiger partial charge >= 0.3 is 6.08 Å². The number of tetrazole rings is 1. The van der Waals surface area contributed by atoms with Crippen LogP contribution >= 0.6 is 11.8 Å². The normalized spacial score (nSPS) is 11.6. The predicted octanol–water partition coefficient (Wildman–Crippen LogP) is 3.44. The number of nitrogens with zero attached hydrogens (tertiary/aromatic N) is 6. The molecule has 124 valence electrons. The average Bonchev–Trinajstić information content (AvgIpc) is 2.97. The molecule has 0 aromatic carbocycles. The minimum Gasteiger partial charge on any atom is -0.230 e. The largest absolute Gasteiger partial charge is 0.301 e. The summed E-state index contributed by atoms with van der Waals surface area (Å²) in [5.41, 5.74) is 0.302. The zero-order valence-corrected chi connectivity index (χ0v) is 13.6. The molecule has 0 atom stereocenters. The lowest BCUT2D eigenvalue weighted by Crippen LogP contribution is -2.24. The number of hydrogen-bond donors (Lipinski definition) is 0. The van der Waals surface area contributed by atoms with Gasteiger partial charge in [0.1, 0.15) is 0 Å². The van der Waals surface area contributed by atoms with Gasteiger partial charge < -0.3 is 0 Å². The van der Waals surface area contributed by atoms with E-state index >= 15 is 0 Å². The van der Waals surface area contributed by atoms with E-state index in [9.17, 15) is 13.2 Å². The minimum atomic E-state index is -2.28. The van der Waals surface area contributed by atoms with Crippen molar-refractivity contribution in [1.82, 2.24) is 30.2 Å². The van der Waals surface area contributed by atoms with Gasteiger partial charge in [0.2, 0.25) is 5.82 Å². The lowest BCUT2D eigenvalue weighted by atomic mass is 10.1. The zero-order valence-electron chi connectivity index (χ0n) is 12.8. The minimum absolute atomic E-state index is 0.126. The SMILES string of the molecule is CC(C)(C)n1nnc(-c2cnc(SCCC(F)=C(F)F)nc2)n1. The van der Waals surface area contributed by atoms with Crippen LogP contribution in [0.4, 0.5) is 13.2 Å². The molecule has 0 saturated carbocycles. The number of aromatic nitrogens is 6. The van der Waals surface area contributed by atoms with Crippen molar-refractivity contribution < 1.29 is 13.2 Å². The van der Waals surface area contributed by atoms with E-state index in [1.54, 1.807) is 0 Å². The van der Waals surface area contributed by atoms with Crippen molar-refractivity contribution in [2.75, 3.05) is 5.75 Å². The Balaban J connectivity index is 2.00. The molecule has 0 aliphatic rings. The second-order valence-electron chi connectivity index (χ2n) is 5.59. The molecule has 0 fully saturated rings. The van der Waals surface area contributed by atoms with Crippen LogP contribution < -0.4 is 0 Å². The van der Waals surface area contributed by atoms with Gasteiger partial charge in [0.25, 0.3) is 0 Å². The third kappa shape index (κ3) is 4.75. The molecule has 0 amide bonds. The van der Waals surface area contributed by atoms with Crippen molar-refractivity contribution in [2.24, 2.45) is 0 Å². The molecule has 2 rings (SSSR count). The maximum Gasteiger partial charge on any atom is 0.301 e. The van der Waals surface area contributed by atoms with E-state index in [1.165, 1.54) is 17.2 Å². The molecule has 0 unspecified atom stereocenters. The molecular formula is C13H15F3N6S. The van der Waals surface area contributed by atoms with Crippen LogP contribution in [0.1, 0.15) is 27.2 Å². The Morgan fingerprint density at radius 2 is 1.83 bits per heavy atom. The second kappa shape index (κ2) is 7.07. The Morgan fingerprint density at radius 3 is 2.35 bits per heavy atom. The highest BCUT2D eigenvalue weighted by Crippen LogP contribution is 2.21. The fourth-order valence-electron chi connectivity index (χ4n) is 1.45. The lowest BCUT2D eigenvalue weighted by molar-refractivity contribution is 0.306.